The predicted octanol–water partition coefficient (Wildman–Crippen LogP) is 2.24. The molecule has 0 spiro atoms. The van der Waals surface area contributed by atoms with Gasteiger partial charge in [0.1, 0.15) is 11.6 Å². The first-order chi connectivity index (χ1) is 14.0. The van der Waals surface area contributed by atoms with Crippen LogP contribution in [-0.2, 0) is 22.4 Å². The number of halogens is 3. The summed E-state index contributed by atoms with van der Waals surface area (Å²) in [7, 11) is 0. The minimum atomic E-state index is -0.422. The lowest BCUT2D eigenvalue weighted by molar-refractivity contribution is -0.132. The van der Waals surface area contributed by atoms with E-state index in [-0.39, 0.29) is 35.9 Å². The van der Waals surface area contributed by atoms with E-state index in [4.69, 9.17) is 0 Å². The molecule has 3 rings (SSSR count). The van der Waals surface area contributed by atoms with E-state index in [1.165, 1.54) is 24.3 Å². The largest absolute Gasteiger partial charge is 0.355 e. The second-order valence-electron chi connectivity index (χ2n) is 7.21. The normalized spacial score (nSPS) is 17.8. The van der Waals surface area contributed by atoms with Gasteiger partial charge in [0.05, 0.1) is 11.8 Å². The molecule has 0 aliphatic carbocycles. The summed E-state index contributed by atoms with van der Waals surface area (Å²) in [6.45, 7) is 1.77. The minimum Gasteiger partial charge on any atom is -0.355 e. The summed E-state index contributed by atoms with van der Waals surface area (Å²) in [5, 5.41) is 8.85. The molecule has 5 nitrogen and oxygen atoms in total. The maximum atomic E-state index is 12.9. The van der Waals surface area contributed by atoms with Gasteiger partial charge in [-0.3, -0.25) is 9.59 Å². The van der Waals surface area contributed by atoms with Gasteiger partial charge in [-0.15, -0.1) is 12.4 Å². The third-order valence-corrected chi connectivity index (χ3v) is 5.14. The van der Waals surface area contributed by atoms with Crippen LogP contribution in [0.4, 0.5) is 8.78 Å². The highest BCUT2D eigenvalue weighted by Gasteiger charge is 2.37. The first-order valence-corrected chi connectivity index (χ1v) is 9.78. The van der Waals surface area contributed by atoms with E-state index in [1.54, 1.807) is 24.3 Å². The zero-order valence-corrected chi connectivity index (χ0v) is 17.3. The topological polar surface area (TPSA) is 70.2 Å². The first-order valence-electron chi connectivity index (χ1n) is 9.78. The maximum absolute atomic E-state index is 12.9. The van der Waals surface area contributed by atoms with Crippen LogP contribution in [0.15, 0.2) is 48.5 Å². The van der Waals surface area contributed by atoms with Gasteiger partial charge in [0.25, 0.3) is 0 Å². The molecule has 1 aliphatic heterocycles. The zero-order valence-electron chi connectivity index (χ0n) is 16.5. The van der Waals surface area contributed by atoms with Crippen LogP contribution in [0.3, 0.4) is 0 Å². The van der Waals surface area contributed by atoms with E-state index in [0.29, 0.717) is 39.0 Å². The number of hydrogen-bond acceptors (Lipinski definition) is 3. The van der Waals surface area contributed by atoms with Crippen molar-refractivity contribution in [2.45, 2.75) is 12.8 Å². The monoisotopic (exact) mass is 437 g/mol. The lowest BCUT2D eigenvalue weighted by atomic mass is 9.94. The number of rotatable bonds is 8. The van der Waals surface area contributed by atoms with Gasteiger partial charge < -0.3 is 16.0 Å². The molecule has 3 N–H and O–H groups in total. The molecule has 1 heterocycles. The first kappa shape index (κ1) is 23.8. The predicted molar refractivity (Wildman–Crippen MR) is 113 cm³/mol. The van der Waals surface area contributed by atoms with E-state index in [9.17, 15) is 18.4 Å². The Hall–Kier alpha value is -2.51. The van der Waals surface area contributed by atoms with E-state index in [0.717, 1.165) is 11.1 Å². The van der Waals surface area contributed by atoms with Crippen LogP contribution in [0, 0.1) is 23.5 Å². The molecule has 2 aromatic carbocycles. The Balaban J connectivity index is 0.00000320. The van der Waals surface area contributed by atoms with Crippen LogP contribution in [0.25, 0.3) is 0 Å². The molecule has 2 aromatic rings. The Bertz CT molecular complexity index is 762. The van der Waals surface area contributed by atoms with Crippen molar-refractivity contribution in [1.29, 1.82) is 0 Å². The molecule has 0 aromatic heterocycles. The van der Waals surface area contributed by atoms with Crippen molar-refractivity contribution < 1.29 is 18.4 Å². The molecule has 0 saturated carbocycles. The number of benzene rings is 2. The van der Waals surface area contributed by atoms with Crippen molar-refractivity contribution in [3.05, 3.63) is 71.3 Å². The summed E-state index contributed by atoms with van der Waals surface area (Å²) in [6.07, 6.45) is 1.20. The van der Waals surface area contributed by atoms with Gasteiger partial charge in [-0.25, -0.2) is 8.78 Å². The van der Waals surface area contributed by atoms with Gasteiger partial charge in [0, 0.05) is 26.2 Å². The van der Waals surface area contributed by atoms with Crippen LogP contribution in [0.5, 0.6) is 0 Å². The van der Waals surface area contributed by atoms with Crippen molar-refractivity contribution in [2.24, 2.45) is 11.8 Å². The third-order valence-electron chi connectivity index (χ3n) is 5.14. The quantitative estimate of drug-likeness (QED) is 0.593. The van der Waals surface area contributed by atoms with Gasteiger partial charge in [-0.1, -0.05) is 24.3 Å². The number of carbonyl (C=O) groups excluding carboxylic acids is 2. The minimum absolute atomic E-state index is 0. The summed E-state index contributed by atoms with van der Waals surface area (Å²) in [6, 6.07) is 12.3. The number of hydrogen-bond donors (Lipinski definition) is 3. The van der Waals surface area contributed by atoms with E-state index in [1.807, 2.05) is 0 Å². The molecule has 0 unspecified atom stereocenters. The lowest BCUT2D eigenvalue weighted by Crippen LogP contribution is -2.42. The molecule has 30 heavy (non-hydrogen) atoms. The van der Waals surface area contributed by atoms with Crippen molar-refractivity contribution in [1.82, 2.24) is 16.0 Å². The number of nitrogens with one attached hydrogen (secondary N) is 3. The Morgan fingerprint density at radius 1 is 0.767 bits per heavy atom. The molecule has 8 heteroatoms. The molecular formula is C22H26ClF2N3O2. The molecule has 0 bridgehead atoms. The van der Waals surface area contributed by atoms with Crippen LogP contribution in [-0.4, -0.2) is 38.0 Å². The van der Waals surface area contributed by atoms with Gasteiger partial charge >= 0.3 is 0 Å². The Kier molecular flexibility index (Phi) is 9.20. The fourth-order valence-electron chi connectivity index (χ4n) is 3.45. The van der Waals surface area contributed by atoms with Gasteiger partial charge in [-0.2, -0.15) is 0 Å². The summed E-state index contributed by atoms with van der Waals surface area (Å²) in [5.74, 6) is -1.74. The van der Waals surface area contributed by atoms with E-state index in [2.05, 4.69) is 16.0 Å². The standard InChI is InChI=1S/C22H25F2N3O2.ClH/c23-17-5-1-15(2-6-17)9-11-26-21(28)19-13-25-14-20(19)22(29)27-12-10-16-3-7-18(24)8-4-16;/h1-8,19-20,25H,9-14H2,(H,26,28)(H,27,29);1H/t19-,20-;/m1./s1. The van der Waals surface area contributed by atoms with Crippen LogP contribution >= 0.6 is 12.4 Å². The van der Waals surface area contributed by atoms with Gasteiger partial charge in [0.2, 0.25) is 11.8 Å². The molecule has 2 atom stereocenters. The second kappa shape index (κ2) is 11.6. The zero-order chi connectivity index (χ0) is 20.6. The fraction of sp³-hybridized carbons (Fsp3) is 0.364. The van der Waals surface area contributed by atoms with E-state index < -0.39 is 11.8 Å². The average molecular weight is 438 g/mol. The number of carbonyl (C=O) groups is 2. The summed E-state index contributed by atoms with van der Waals surface area (Å²) < 4.78 is 25.9. The van der Waals surface area contributed by atoms with Crippen LogP contribution < -0.4 is 16.0 Å². The molecule has 1 aliphatic rings. The second-order valence-corrected chi connectivity index (χ2v) is 7.21. The molecule has 1 saturated heterocycles. The maximum Gasteiger partial charge on any atom is 0.225 e. The highest BCUT2D eigenvalue weighted by molar-refractivity contribution is 5.88. The van der Waals surface area contributed by atoms with Crippen LogP contribution in [0.2, 0.25) is 0 Å². The molecule has 162 valence electrons. The Morgan fingerprint density at radius 2 is 1.13 bits per heavy atom. The lowest BCUT2D eigenvalue weighted by Gasteiger charge is -2.18. The number of amides is 2. The Labute approximate surface area is 181 Å². The molecule has 1 fully saturated rings. The highest BCUT2D eigenvalue weighted by Crippen LogP contribution is 2.17. The van der Waals surface area contributed by atoms with Crippen molar-refractivity contribution in [3.63, 3.8) is 0 Å². The summed E-state index contributed by atoms with van der Waals surface area (Å²) in [5.41, 5.74) is 1.87. The fourth-order valence-corrected chi connectivity index (χ4v) is 3.45. The summed E-state index contributed by atoms with van der Waals surface area (Å²) >= 11 is 0. The van der Waals surface area contributed by atoms with Gasteiger partial charge in [0.15, 0.2) is 0 Å². The SMILES string of the molecule is Cl.O=C(NCCc1ccc(F)cc1)[C@@H]1CNC[C@H]1C(=O)NCCc1ccc(F)cc1. The molecule has 0 radical (unpaired) electrons. The average Bonchev–Trinajstić information content (AvgIpc) is 3.21. The van der Waals surface area contributed by atoms with Gasteiger partial charge in [-0.05, 0) is 48.2 Å². The van der Waals surface area contributed by atoms with Crippen molar-refractivity contribution in [3.8, 4) is 0 Å². The summed E-state index contributed by atoms with van der Waals surface area (Å²) in [4.78, 5) is 25.0. The molecular weight excluding hydrogens is 412 g/mol. The third kappa shape index (κ3) is 6.78. The van der Waals surface area contributed by atoms with Crippen molar-refractivity contribution in [2.75, 3.05) is 26.2 Å². The molecule has 2 amide bonds. The highest BCUT2D eigenvalue weighted by atomic mass is 35.5. The van der Waals surface area contributed by atoms with E-state index >= 15 is 0 Å². The van der Waals surface area contributed by atoms with Crippen LogP contribution in [0.1, 0.15) is 11.1 Å². The van der Waals surface area contributed by atoms with Crippen molar-refractivity contribution >= 4 is 24.2 Å². The smallest absolute Gasteiger partial charge is 0.225 e. The Morgan fingerprint density at radius 3 is 1.50 bits per heavy atom.